The predicted octanol–water partition coefficient (Wildman–Crippen LogP) is 12.3. The summed E-state index contributed by atoms with van der Waals surface area (Å²) in [6, 6.07) is 42.5. The molecule has 268 valence electrons. The minimum absolute atomic E-state index is 0. The van der Waals surface area contributed by atoms with E-state index in [-0.39, 0.29) is 22.4 Å². The van der Waals surface area contributed by atoms with E-state index in [9.17, 15) is 9.46 Å². The summed E-state index contributed by atoms with van der Waals surface area (Å²) in [7, 11) is -4.95. The van der Waals surface area contributed by atoms with E-state index in [0.29, 0.717) is 11.5 Å². The molecule has 0 aromatic heterocycles. The van der Waals surface area contributed by atoms with E-state index in [1.807, 2.05) is 0 Å². The molecule has 8 aromatic rings. The number of rotatable bonds is 2. The van der Waals surface area contributed by atoms with Gasteiger partial charge < -0.3 is 13.9 Å². The fraction of sp³-hybridized carbons (Fsp3) is 0.167. The number of hydrogen-bond acceptors (Lipinski definition) is 4. The van der Waals surface area contributed by atoms with Gasteiger partial charge in [-0.2, -0.15) is 0 Å². The Bertz CT molecular complexity index is 2610. The van der Waals surface area contributed by atoms with Gasteiger partial charge in [-0.05, 0) is 141 Å². The van der Waals surface area contributed by atoms with E-state index in [4.69, 9.17) is 9.05 Å². The minimum Gasteiger partial charge on any atom is -0.736 e. The quantitative estimate of drug-likeness (QED) is 0.0991. The topological polar surface area (TPSA) is 58.6 Å². The Morgan fingerprint density at radius 2 is 0.778 bits per heavy atom. The summed E-state index contributed by atoms with van der Waals surface area (Å²) in [5, 5.41) is 8.68. The normalized spacial score (nSPS) is 15.6. The molecule has 54 heavy (non-hydrogen) atoms. The van der Waals surface area contributed by atoms with E-state index < -0.39 is 7.82 Å². The van der Waals surface area contributed by atoms with Crippen molar-refractivity contribution >= 4 is 50.9 Å². The Labute approximate surface area is 329 Å². The van der Waals surface area contributed by atoms with Gasteiger partial charge in [-0.15, -0.1) is 0 Å². The molecule has 0 radical (unpaired) electrons. The number of phosphoric acid groups is 1. The third kappa shape index (κ3) is 5.23. The predicted molar refractivity (Wildman–Crippen MR) is 215 cm³/mol. The molecule has 0 amide bonds. The zero-order chi connectivity index (χ0) is 35.3. The molecule has 6 heteroatoms. The van der Waals surface area contributed by atoms with Crippen molar-refractivity contribution < 1.29 is 40.9 Å². The van der Waals surface area contributed by atoms with E-state index in [1.165, 1.54) is 22.3 Å². The van der Waals surface area contributed by atoms with Crippen molar-refractivity contribution in [3.05, 3.63) is 144 Å². The maximum atomic E-state index is 14.5. The SMILES string of the molecule is O=P1([O-])Oc2c(-c3c4ccccc4cc4ccccc34)cc3c(c2-c2c4c(cc(-c5c6ccccc6cc6ccccc56)c2O1)CCCC4)CCCC3.[Ag+]. The molecule has 0 spiro atoms. The monoisotopic (exact) mass is 814 g/mol. The summed E-state index contributed by atoms with van der Waals surface area (Å²) in [5.41, 5.74) is 10.4. The van der Waals surface area contributed by atoms with Crippen LogP contribution in [0.1, 0.15) is 47.9 Å². The van der Waals surface area contributed by atoms with Crippen LogP contribution < -0.4 is 13.9 Å². The van der Waals surface area contributed by atoms with Crippen LogP contribution in [0.2, 0.25) is 0 Å². The summed E-state index contributed by atoms with van der Waals surface area (Å²) in [6.45, 7) is 0. The smallest absolute Gasteiger partial charge is 0.736 e. The van der Waals surface area contributed by atoms with Gasteiger partial charge in [0.2, 0.25) is 0 Å². The van der Waals surface area contributed by atoms with E-state index in [1.54, 1.807) is 0 Å². The second kappa shape index (κ2) is 13.0. The van der Waals surface area contributed by atoms with Crippen molar-refractivity contribution in [2.75, 3.05) is 0 Å². The summed E-state index contributed by atoms with van der Waals surface area (Å²) in [4.78, 5) is 14.5. The molecule has 3 aliphatic rings. The summed E-state index contributed by atoms with van der Waals surface area (Å²) >= 11 is 0. The summed E-state index contributed by atoms with van der Waals surface area (Å²) in [5.74, 6) is 0.800. The standard InChI is InChI=1S/C48H37O4P.Ag/c49-53(50)51-47-41(43-35-19-7-1-13-29(35)25-30-14-2-8-20-36(30)43)27-33-17-5-11-23-39(33)45(47)46-40-24-12-6-18-34(40)28-42(48(46)52-53)44-37-21-9-3-15-31(37)26-32-16-4-10-22-38(32)44;/h1-4,7-10,13-16,19-22,25-28H,5-6,11-12,17-18,23-24H2,(H,49,50);/q;+1/p-1. The van der Waals surface area contributed by atoms with Gasteiger partial charge in [-0.25, -0.2) is 4.57 Å². The first-order valence-corrected chi connectivity index (χ1v) is 20.4. The van der Waals surface area contributed by atoms with Crippen LogP contribution in [0, 0.1) is 0 Å². The van der Waals surface area contributed by atoms with Crippen molar-refractivity contribution in [3.8, 4) is 44.9 Å². The Morgan fingerprint density at radius 1 is 0.444 bits per heavy atom. The summed E-state index contributed by atoms with van der Waals surface area (Å²) < 4.78 is 27.4. The van der Waals surface area contributed by atoms with Crippen LogP contribution in [0.5, 0.6) is 11.5 Å². The Morgan fingerprint density at radius 3 is 1.15 bits per heavy atom. The van der Waals surface area contributed by atoms with Crippen LogP contribution in [-0.2, 0) is 52.6 Å². The molecule has 11 rings (SSSR count). The molecule has 1 aliphatic heterocycles. The van der Waals surface area contributed by atoms with Gasteiger partial charge in [0.1, 0.15) is 11.5 Å². The Hall–Kier alpha value is -4.67. The molecule has 0 fully saturated rings. The average Bonchev–Trinajstić information content (AvgIpc) is 3.32. The van der Waals surface area contributed by atoms with Gasteiger partial charge in [-0.3, -0.25) is 0 Å². The number of benzene rings is 8. The van der Waals surface area contributed by atoms with E-state index >= 15 is 0 Å². The number of fused-ring (bicyclic) bond motifs is 11. The molecular formula is C48H36AgO4P. The maximum Gasteiger partial charge on any atom is 1.00 e. The second-order valence-electron chi connectivity index (χ2n) is 15.0. The Kier molecular flexibility index (Phi) is 8.14. The number of phosphoric ester groups is 1. The van der Waals surface area contributed by atoms with Crippen molar-refractivity contribution in [2.24, 2.45) is 0 Å². The molecule has 1 heterocycles. The molecule has 0 saturated carbocycles. The van der Waals surface area contributed by atoms with Crippen LogP contribution in [0.4, 0.5) is 0 Å². The minimum atomic E-state index is -4.95. The number of hydrogen-bond donors (Lipinski definition) is 0. The van der Waals surface area contributed by atoms with Gasteiger partial charge in [0.15, 0.2) is 0 Å². The van der Waals surface area contributed by atoms with Crippen molar-refractivity contribution in [2.45, 2.75) is 51.4 Å². The Balaban J connectivity index is 0.00000361. The molecule has 0 bridgehead atoms. The molecule has 0 atom stereocenters. The van der Waals surface area contributed by atoms with Gasteiger partial charge in [0.05, 0.1) is 0 Å². The van der Waals surface area contributed by atoms with E-state index in [0.717, 1.165) is 128 Å². The molecule has 8 aromatic carbocycles. The fourth-order valence-electron chi connectivity index (χ4n) is 9.71. The molecule has 0 N–H and O–H groups in total. The first kappa shape index (κ1) is 33.9. The summed E-state index contributed by atoms with van der Waals surface area (Å²) in [6.07, 6.45) is 7.83. The van der Waals surface area contributed by atoms with Gasteiger partial charge in [-0.1, -0.05) is 97.1 Å². The van der Waals surface area contributed by atoms with E-state index in [2.05, 4.69) is 121 Å². The molecule has 2 aliphatic carbocycles. The third-order valence-electron chi connectivity index (χ3n) is 11.9. The average molecular weight is 816 g/mol. The largest absolute Gasteiger partial charge is 1.00 e. The first-order chi connectivity index (χ1) is 26.0. The second-order valence-corrected chi connectivity index (χ2v) is 16.2. The zero-order valence-corrected chi connectivity index (χ0v) is 32.0. The van der Waals surface area contributed by atoms with Crippen molar-refractivity contribution in [1.82, 2.24) is 0 Å². The first-order valence-electron chi connectivity index (χ1n) is 18.9. The molecule has 0 saturated heterocycles. The van der Waals surface area contributed by atoms with Crippen LogP contribution >= 0.6 is 7.82 Å². The van der Waals surface area contributed by atoms with Gasteiger partial charge in [0.25, 0.3) is 0 Å². The van der Waals surface area contributed by atoms with Crippen LogP contribution in [0.15, 0.2) is 121 Å². The van der Waals surface area contributed by atoms with Crippen LogP contribution in [0.25, 0.3) is 76.5 Å². The van der Waals surface area contributed by atoms with Gasteiger partial charge >= 0.3 is 30.2 Å². The maximum absolute atomic E-state index is 14.5. The number of aryl methyl sites for hydroxylation is 2. The third-order valence-corrected chi connectivity index (χ3v) is 12.8. The van der Waals surface area contributed by atoms with Crippen molar-refractivity contribution in [1.29, 1.82) is 0 Å². The van der Waals surface area contributed by atoms with Crippen molar-refractivity contribution in [3.63, 3.8) is 0 Å². The zero-order valence-electron chi connectivity index (χ0n) is 29.6. The van der Waals surface area contributed by atoms with Gasteiger partial charge in [0, 0.05) is 33.4 Å². The van der Waals surface area contributed by atoms with Crippen LogP contribution in [-0.4, -0.2) is 0 Å². The molecule has 4 nitrogen and oxygen atoms in total. The molecular weight excluding hydrogens is 779 g/mol. The fourth-order valence-corrected chi connectivity index (χ4v) is 10.6. The molecule has 0 unspecified atom stereocenters. The van der Waals surface area contributed by atoms with Crippen LogP contribution in [0.3, 0.4) is 0 Å².